The lowest BCUT2D eigenvalue weighted by Gasteiger charge is -1.94. The molecule has 3 rings (SSSR count). The van der Waals surface area contributed by atoms with E-state index in [0.29, 0.717) is 5.69 Å². The van der Waals surface area contributed by atoms with E-state index in [1.165, 1.54) is 11.3 Å². The minimum absolute atomic E-state index is 0.00759. The van der Waals surface area contributed by atoms with E-state index in [1.54, 1.807) is 17.4 Å². The van der Waals surface area contributed by atoms with Crippen LogP contribution in [0.4, 0.5) is 0 Å². The van der Waals surface area contributed by atoms with E-state index in [2.05, 4.69) is 4.98 Å². The number of imidazole rings is 1. The monoisotopic (exact) mass is 274 g/mol. The van der Waals surface area contributed by atoms with E-state index in [4.69, 9.17) is 0 Å². The van der Waals surface area contributed by atoms with Crippen molar-refractivity contribution >= 4 is 39.5 Å². The van der Waals surface area contributed by atoms with Gasteiger partial charge in [-0.25, -0.2) is 4.98 Å². The lowest BCUT2D eigenvalue weighted by molar-refractivity contribution is 0.104. The van der Waals surface area contributed by atoms with Gasteiger partial charge in [0.25, 0.3) is 0 Å². The van der Waals surface area contributed by atoms with Gasteiger partial charge in [0.05, 0.1) is 5.69 Å². The third-order valence-corrected chi connectivity index (χ3v) is 4.21. The van der Waals surface area contributed by atoms with Crippen molar-refractivity contribution < 1.29 is 4.79 Å². The molecule has 0 aliphatic rings. The second kappa shape index (κ2) is 4.51. The Bertz CT molecular complexity index is 719. The number of carbonyl (C=O) groups is 1. The van der Waals surface area contributed by atoms with Gasteiger partial charge in [-0.1, -0.05) is 6.07 Å². The molecule has 5 heteroatoms. The molecule has 0 aliphatic carbocycles. The molecule has 3 aromatic rings. The summed E-state index contributed by atoms with van der Waals surface area (Å²) in [6, 6.07) is 3.95. The van der Waals surface area contributed by atoms with Crippen molar-refractivity contribution in [3.05, 3.63) is 51.4 Å². The minimum Gasteiger partial charge on any atom is -0.288 e. The fourth-order valence-electron chi connectivity index (χ4n) is 1.81. The number of fused-ring (bicyclic) bond motifs is 1. The van der Waals surface area contributed by atoms with Crippen LogP contribution in [0.1, 0.15) is 21.1 Å². The van der Waals surface area contributed by atoms with Gasteiger partial charge in [0.2, 0.25) is 5.78 Å². The van der Waals surface area contributed by atoms with Gasteiger partial charge in [-0.05, 0) is 30.5 Å². The maximum absolute atomic E-state index is 12.2. The lowest BCUT2D eigenvalue weighted by Crippen LogP contribution is -2.00. The SMILES string of the molecule is Cc1nc2sccn2c1C(=O)C=Cc1cccs1. The number of allylic oxidation sites excluding steroid dienone is 1. The first kappa shape index (κ1) is 11.4. The highest BCUT2D eigenvalue weighted by Crippen LogP contribution is 2.18. The maximum Gasteiger partial charge on any atom is 0.204 e. The number of thiophene rings is 1. The molecule has 0 fully saturated rings. The molecule has 0 radical (unpaired) electrons. The number of rotatable bonds is 3. The van der Waals surface area contributed by atoms with Gasteiger partial charge in [-0.2, -0.15) is 0 Å². The summed E-state index contributed by atoms with van der Waals surface area (Å²) in [6.07, 6.45) is 5.34. The predicted molar refractivity (Wildman–Crippen MR) is 75.5 cm³/mol. The first-order valence-electron chi connectivity index (χ1n) is 5.44. The smallest absolute Gasteiger partial charge is 0.204 e. The van der Waals surface area contributed by atoms with Crippen molar-refractivity contribution in [2.75, 3.05) is 0 Å². The van der Waals surface area contributed by atoms with Gasteiger partial charge in [0, 0.05) is 16.5 Å². The Morgan fingerprint density at radius 3 is 3.06 bits per heavy atom. The van der Waals surface area contributed by atoms with E-state index >= 15 is 0 Å². The Kier molecular flexibility index (Phi) is 2.85. The topological polar surface area (TPSA) is 34.4 Å². The summed E-state index contributed by atoms with van der Waals surface area (Å²) in [4.78, 5) is 18.5. The molecule has 0 aliphatic heterocycles. The number of carbonyl (C=O) groups excluding carboxylic acids is 1. The van der Waals surface area contributed by atoms with Crippen LogP contribution in [0.25, 0.3) is 11.0 Å². The van der Waals surface area contributed by atoms with E-state index in [9.17, 15) is 4.79 Å². The van der Waals surface area contributed by atoms with Crippen LogP contribution >= 0.6 is 22.7 Å². The second-order valence-electron chi connectivity index (χ2n) is 3.81. The normalized spacial score (nSPS) is 11.6. The van der Waals surface area contributed by atoms with Crippen molar-refractivity contribution in [1.29, 1.82) is 0 Å². The van der Waals surface area contributed by atoms with E-state index in [0.717, 1.165) is 15.5 Å². The number of thiazole rings is 1. The number of hydrogen-bond acceptors (Lipinski definition) is 4. The Balaban J connectivity index is 1.97. The fourth-order valence-corrected chi connectivity index (χ4v) is 3.19. The van der Waals surface area contributed by atoms with Crippen LogP contribution in [0.5, 0.6) is 0 Å². The minimum atomic E-state index is -0.00759. The Morgan fingerprint density at radius 1 is 1.39 bits per heavy atom. The van der Waals surface area contributed by atoms with Crippen LogP contribution in [0.15, 0.2) is 35.2 Å². The summed E-state index contributed by atoms with van der Waals surface area (Å²) in [6.45, 7) is 1.87. The molecule has 3 heterocycles. The molecule has 0 aromatic carbocycles. The van der Waals surface area contributed by atoms with Gasteiger partial charge in [0.1, 0.15) is 5.69 Å². The third-order valence-electron chi connectivity index (χ3n) is 2.61. The number of aryl methyl sites for hydroxylation is 1. The van der Waals surface area contributed by atoms with Crippen LogP contribution in [-0.2, 0) is 0 Å². The van der Waals surface area contributed by atoms with Gasteiger partial charge in [-0.15, -0.1) is 22.7 Å². The fraction of sp³-hybridized carbons (Fsp3) is 0.0769. The summed E-state index contributed by atoms with van der Waals surface area (Å²) < 4.78 is 1.85. The van der Waals surface area contributed by atoms with Crippen molar-refractivity contribution in [3.63, 3.8) is 0 Å². The molecule has 0 unspecified atom stereocenters. The molecule has 18 heavy (non-hydrogen) atoms. The Hall–Kier alpha value is -1.72. The van der Waals surface area contributed by atoms with Crippen LogP contribution in [0, 0.1) is 6.92 Å². The van der Waals surface area contributed by atoms with Crippen molar-refractivity contribution in [2.24, 2.45) is 0 Å². The van der Waals surface area contributed by atoms with Gasteiger partial charge in [0.15, 0.2) is 4.96 Å². The standard InChI is InChI=1S/C13H10N2OS2/c1-9-12(15-6-8-18-13(15)14-9)11(16)5-4-10-3-2-7-17-10/h2-8H,1H3. The van der Waals surface area contributed by atoms with Crippen molar-refractivity contribution in [3.8, 4) is 0 Å². The summed E-state index contributed by atoms with van der Waals surface area (Å²) >= 11 is 3.15. The van der Waals surface area contributed by atoms with Crippen LogP contribution in [-0.4, -0.2) is 15.2 Å². The van der Waals surface area contributed by atoms with Crippen molar-refractivity contribution in [1.82, 2.24) is 9.38 Å². The molecule has 0 saturated carbocycles. The molecular weight excluding hydrogens is 264 g/mol. The van der Waals surface area contributed by atoms with E-state index in [-0.39, 0.29) is 5.78 Å². The van der Waals surface area contributed by atoms with Gasteiger partial charge < -0.3 is 0 Å². The second-order valence-corrected chi connectivity index (χ2v) is 5.67. The number of nitrogens with zero attached hydrogens (tertiary/aromatic N) is 2. The first-order chi connectivity index (χ1) is 8.75. The molecule has 90 valence electrons. The third kappa shape index (κ3) is 1.91. The highest BCUT2D eigenvalue weighted by atomic mass is 32.1. The van der Waals surface area contributed by atoms with Crippen LogP contribution in [0.2, 0.25) is 0 Å². The molecule has 0 atom stereocenters. The average molecular weight is 274 g/mol. The summed E-state index contributed by atoms with van der Waals surface area (Å²) in [7, 11) is 0. The zero-order valence-corrected chi connectivity index (χ0v) is 11.3. The van der Waals surface area contributed by atoms with Gasteiger partial charge >= 0.3 is 0 Å². The summed E-state index contributed by atoms with van der Waals surface area (Å²) in [5.41, 5.74) is 1.43. The number of aromatic nitrogens is 2. The maximum atomic E-state index is 12.2. The zero-order chi connectivity index (χ0) is 12.5. The first-order valence-corrected chi connectivity index (χ1v) is 7.20. The number of ketones is 1. The molecule has 3 nitrogen and oxygen atoms in total. The molecule has 0 bridgehead atoms. The Labute approximate surface area is 112 Å². The Morgan fingerprint density at radius 2 is 2.28 bits per heavy atom. The summed E-state index contributed by atoms with van der Waals surface area (Å²) in [5.74, 6) is -0.00759. The summed E-state index contributed by atoms with van der Waals surface area (Å²) in [5, 5.41) is 3.92. The number of hydrogen-bond donors (Lipinski definition) is 0. The van der Waals surface area contributed by atoms with Crippen molar-refractivity contribution in [2.45, 2.75) is 6.92 Å². The molecule has 0 spiro atoms. The highest BCUT2D eigenvalue weighted by molar-refractivity contribution is 7.15. The quantitative estimate of drug-likeness (QED) is 0.539. The molecule has 0 amide bonds. The average Bonchev–Trinajstić information content (AvgIpc) is 3.01. The molecule has 0 saturated heterocycles. The zero-order valence-electron chi connectivity index (χ0n) is 9.66. The van der Waals surface area contributed by atoms with Crippen LogP contribution in [0.3, 0.4) is 0 Å². The van der Waals surface area contributed by atoms with E-state index in [1.807, 2.05) is 46.5 Å². The highest BCUT2D eigenvalue weighted by Gasteiger charge is 2.14. The van der Waals surface area contributed by atoms with Crippen LogP contribution < -0.4 is 0 Å². The van der Waals surface area contributed by atoms with E-state index < -0.39 is 0 Å². The van der Waals surface area contributed by atoms with Gasteiger partial charge in [-0.3, -0.25) is 9.20 Å². The predicted octanol–water partition coefficient (Wildman–Crippen LogP) is 3.66. The molecular formula is C13H10N2OS2. The lowest BCUT2D eigenvalue weighted by atomic mass is 10.2. The largest absolute Gasteiger partial charge is 0.288 e. The molecule has 0 N–H and O–H groups in total. The molecule has 3 aromatic heterocycles.